The second-order valence-electron chi connectivity index (χ2n) is 4.70. The summed E-state index contributed by atoms with van der Waals surface area (Å²) < 4.78 is 7.66. The van der Waals surface area contributed by atoms with Crippen LogP contribution in [0.3, 0.4) is 0 Å². The molecular weight excluding hydrogens is 214 g/mol. The molecular formula is C13H23N3O. The zero-order valence-electron chi connectivity index (χ0n) is 10.6. The molecule has 1 fully saturated rings. The van der Waals surface area contributed by atoms with E-state index in [1.807, 2.05) is 23.1 Å². The molecule has 4 heteroatoms. The highest BCUT2D eigenvalue weighted by Crippen LogP contribution is 2.16. The van der Waals surface area contributed by atoms with E-state index in [4.69, 9.17) is 4.74 Å². The third kappa shape index (κ3) is 4.13. The summed E-state index contributed by atoms with van der Waals surface area (Å²) in [6.07, 6.45) is 8.89. The molecule has 0 aliphatic carbocycles. The minimum atomic E-state index is 0.465. The van der Waals surface area contributed by atoms with Crippen LogP contribution in [0.25, 0.3) is 0 Å². The minimum absolute atomic E-state index is 0.465. The summed E-state index contributed by atoms with van der Waals surface area (Å²) in [7, 11) is 0. The highest BCUT2D eigenvalue weighted by atomic mass is 16.5. The molecule has 1 N–H and O–H groups in total. The van der Waals surface area contributed by atoms with Crippen LogP contribution in [-0.4, -0.2) is 35.1 Å². The summed E-state index contributed by atoms with van der Waals surface area (Å²) in [5.41, 5.74) is 0. The lowest BCUT2D eigenvalue weighted by atomic mass is 10.0. The van der Waals surface area contributed by atoms with Crippen LogP contribution in [0.5, 0.6) is 0 Å². The summed E-state index contributed by atoms with van der Waals surface area (Å²) >= 11 is 0. The molecule has 1 aliphatic heterocycles. The predicted molar refractivity (Wildman–Crippen MR) is 67.9 cm³/mol. The van der Waals surface area contributed by atoms with Crippen LogP contribution in [0.1, 0.15) is 32.6 Å². The van der Waals surface area contributed by atoms with Crippen LogP contribution in [0.15, 0.2) is 18.5 Å². The first-order chi connectivity index (χ1) is 8.38. The van der Waals surface area contributed by atoms with Crippen molar-refractivity contribution in [1.82, 2.24) is 15.1 Å². The lowest BCUT2D eigenvalue weighted by molar-refractivity contribution is -0.0000273. The van der Waals surface area contributed by atoms with E-state index in [9.17, 15) is 0 Å². The number of hydrogen-bond donors (Lipinski definition) is 1. The molecule has 96 valence electrons. The lowest BCUT2D eigenvalue weighted by Gasteiger charge is -2.29. The van der Waals surface area contributed by atoms with Gasteiger partial charge in [0.15, 0.2) is 0 Å². The molecule has 0 radical (unpaired) electrons. The van der Waals surface area contributed by atoms with Crippen LogP contribution in [-0.2, 0) is 11.3 Å². The van der Waals surface area contributed by atoms with Gasteiger partial charge in [0, 0.05) is 31.6 Å². The van der Waals surface area contributed by atoms with Gasteiger partial charge in [0.2, 0.25) is 0 Å². The Morgan fingerprint density at radius 2 is 2.47 bits per heavy atom. The summed E-state index contributed by atoms with van der Waals surface area (Å²) in [4.78, 5) is 0. The van der Waals surface area contributed by atoms with Crippen molar-refractivity contribution >= 4 is 0 Å². The molecule has 2 heterocycles. The summed E-state index contributed by atoms with van der Waals surface area (Å²) in [5, 5.41) is 7.82. The normalized spacial score (nSPS) is 25.0. The van der Waals surface area contributed by atoms with Gasteiger partial charge < -0.3 is 10.1 Å². The summed E-state index contributed by atoms with van der Waals surface area (Å²) in [5.74, 6) is 0. The van der Waals surface area contributed by atoms with Gasteiger partial charge in [-0.15, -0.1) is 0 Å². The van der Waals surface area contributed by atoms with E-state index >= 15 is 0 Å². The van der Waals surface area contributed by atoms with Gasteiger partial charge in [-0.05, 0) is 38.3 Å². The van der Waals surface area contributed by atoms with E-state index in [0.717, 1.165) is 45.4 Å². The zero-order valence-corrected chi connectivity index (χ0v) is 10.6. The Kier molecular flexibility index (Phi) is 5.01. The Balaban J connectivity index is 1.58. The number of ether oxygens (including phenoxy) is 1. The Bertz CT molecular complexity index is 300. The van der Waals surface area contributed by atoms with E-state index in [-0.39, 0.29) is 0 Å². The topological polar surface area (TPSA) is 39.1 Å². The average Bonchev–Trinajstić information content (AvgIpc) is 2.88. The molecule has 0 bridgehead atoms. The van der Waals surface area contributed by atoms with Crippen LogP contribution < -0.4 is 5.32 Å². The van der Waals surface area contributed by atoms with E-state index < -0.39 is 0 Å². The van der Waals surface area contributed by atoms with Gasteiger partial charge in [-0.25, -0.2) is 0 Å². The molecule has 2 rings (SSSR count). The van der Waals surface area contributed by atoms with Crippen molar-refractivity contribution in [3.8, 4) is 0 Å². The number of nitrogens with one attached hydrogen (secondary N) is 1. The van der Waals surface area contributed by atoms with Crippen molar-refractivity contribution in [1.29, 1.82) is 0 Å². The number of rotatable bonds is 6. The predicted octanol–water partition coefficient (Wildman–Crippen LogP) is 1.82. The molecule has 0 amide bonds. The fraction of sp³-hybridized carbons (Fsp3) is 0.769. The molecule has 0 saturated carbocycles. The molecule has 1 aliphatic rings. The van der Waals surface area contributed by atoms with Gasteiger partial charge in [-0.2, -0.15) is 5.10 Å². The molecule has 4 nitrogen and oxygen atoms in total. The van der Waals surface area contributed by atoms with Crippen LogP contribution in [0.4, 0.5) is 0 Å². The van der Waals surface area contributed by atoms with Gasteiger partial charge in [0.25, 0.3) is 0 Å². The van der Waals surface area contributed by atoms with Gasteiger partial charge in [-0.3, -0.25) is 4.68 Å². The first-order valence-corrected chi connectivity index (χ1v) is 6.71. The standard InChI is InChI=1S/C13H23N3O/c1-2-13-11-12(5-10-17-13)14-6-3-8-16-9-4-7-15-16/h4,7,9,12-14H,2-3,5-6,8,10-11H2,1H3. The lowest BCUT2D eigenvalue weighted by Crippen LogP contribution is -2.39. The second-order valence-corrected chi connectivity index (χ2v) is 4.70. The van der Waals surface area contributed by atoms with Crippen LogP contribution in [0.2, 0.25) is 0 Å². The number of nitrogens with zero attached hydrogens (tertiary/aromatic N) is 2. The number of hydrogen-bond acceptors (Lipinski definition) is 3. The Hall–Kier alpha value is -0.870. The van der Waals surface area contributed by atoms with E-state index in [1.54, 1.807) is 0 Å². The molecule has 0 aromatic carbocycles. The first-order valence-electron chi connectivity index (χ1n) is 6.71. The van der Waals surface area contributed by atoms with Crippen LogP contribution >= 0.6 is 0 Å². The Labute approximate surface area is 103 Å². The number of aromatic nitrogens is 2. The number of aryl methyl sites for hydroxylation is 1. The fourth-order valence-electron chi connectivity index (χ4n) is 2.33. The third-order valence-electron chi connectivity index (χ3n) is 3.38. The maximum Gasteiger partial charge on any atom is 0.0587 e. The highest BCUT2D eigenvalue weighted by Gasteiger charge is 2.20. The average molecular weight is 237 g/mol. The van der Waals surface area contributed by atoms with E-state index in [2.05, 4.69) is 17.3 Å². The van der Waals surface area contributed by atoms with E-state index in [1.165, 1.54) is 0 Å². The molecule has 1 aromatic rings. The summed E-state index contributed by atoms with van der Waals surface area (Å²) in [6, 6.07) is 2.61. The van der Waals surface area contributed by atoms with Crippen molar-refractivity contribution in [2.24, 2.45) is 0 Å². The maximum atomic E-state index is 5.67. The molecule has 1 saturated heterocycles. The molecule has 2 unspecified atom stereocenters. The van der Waals surface area contributed by atoms with Crippen molar-refractivity contribution < 1.29 is 4.74 Å². The van der Waals surface area contributed by atoms with E-state index in [0.29, 0.717) is 12.1 Å². The molecule has 17 heavy (non-hydrogen) atoms. The van der Waals surface area contributed by atoms with Crippen molar-refractivity contribution in [2.75, 3.05) is 13.2 Å². The molecule has 1 aromatic heterocycles. The van der Waals surface area contributed by atoms with Gasteiger partial charge in [-0.1, -0.05) is 6.92 Å². The SMILES string of the molecule is CCC1CC(NCCCn2cccn2)CCO1. The van der Waals surface area contributed by atoms with Crippen molar-refractivity contribution in [2.45, 2.75) is 51.3 Å². The molecule has 0 spiro atoms. The maximum absolute atomic E-state index is 5.67. The first kappa shape index (κ1) is 12.6. The largest absolute Gasteiger partial charge is 0.378 e. The quantitative estimate of drug-likeness (QED) is 0.767. The minimum Gasteiger partial charge on any atom is -0.378 e. The molecule has 2 atom stereocenters. The summed E-state index contributed by atoms with van der Waals surface area (Å²) in [6.45, 7) is 5.18. The zero-order chi connectivity index (χ0) is 11.9. The monoisotopic (exact) mass is 237 g/mol. The van der Waals surface area contributed by atoms with Gasteiger partial charge >= 0.3 is 0 Å². The third-order valence-corrected chi connectivity index (χ3v) is 3.38. The Morgan fingerprint density at radius 3 is 3.24 bits per heavy atom. The van der Waals surface area contributed by atoms with Crippen LogP contribution in [0, 0.1) is 0 Å². The van der Waals surface area contributed by atoms with Gasteiger partial charge in [0.05, 0.1) is 6.10 Å². The van der Waals surface area contributed by atoms with Crippen molar-refractivity contribution in [3.05, 3.63) is 18.5 Å². The van der Waals surface area contributed by atoms with Gasteiger partial charge in [0.1, 0.15) is 0 Å². The highest BCUT2D eigenvalue weighted by molar-refractivity contribution is 4.78. The Morgan fingerprint density at radius 1 is 1.53 bits per heavy atom. The fourth-order valence-corrected chi connectivity index (χ4v) is 2.33. The smallest absolute Gasteiger partial charge is 0.0587 e. The van der Waals surface area contributed by atoms with Crippen molar-refractivity contribution in [3.63, 3.8) is 0 Å². The second kappa shape index (κ2) is 6.77.